The molecule has 0 bridgehead atoms. The van der Waals surface area contributed by atoms with E-state index in [0.717, 1.165) is 0 Å². The normalized spacial score (nSPS) is 8.50. The molecule has 0 aromatic heterocycles. The largest absolute Gasteiger partial charge is 1.00 e. The van der Waals surface area contributed by atoms with Crippen molar-refractivity contribution in [1.29, 1.82) is 0 Å². The van der Waals surface area contributed by atoms with Crippen LogP contribution in [0.1, 0.15) is 0 Å². The van der Waals surface area contributed by atoms with Crippen molar-refractivity contribution in [3.63, 3.8) is 0 Å². The molecular weight excluding hydrogens is 296 g/mol. The van der Waals surface area contributed by atoms with E-state index < -0.39 is 13.9 Å². The summed E-state index contributed by atoms with van der Waals surface area (Å²) in [7, 11) is -5.39. The minimum Gasteiger partial charge on any atom is -0.822 e. The molecule has 14 heavy (non-hydrogen) atoms. The summed E-state index contributed by atoms with van der Waals surface area (Å²) in [5.41, 5.74) is 0. The first-order valence-corrected chi connectivity index (χ1v) is 3.90. The molecule has 0 aromatic carbocycles. The van der Waals surface area contributed by atoms with Crippen molar-refractivity contribution in [3.8, 4) is 0 Å². The quantitative estimate of drug-likeness (QED) is 0.339. The van der Waals surface area contributed by atoms with E-state index in [0.29, 0.717) is 0 Å². The van der Waals surface area contributed by atoms with Gasteiger partial charge in [-0.2, -0.15) is 7.82 Å². The number of rotatable bonds is 2. The van der Waals surface area contributed by atoms with E-state index in [1.54, 1.807) is 0 Å². The van der Waals surface area contributed by atoms with Crippen LogP contribution in [0.2, 0.25) is 0 Å². The van der Waals surface area contributed by atoms with Crippen LogP contribution in [0.4, 0.5) is 0 Å². The van der Waals surface area contributed by atoms with Gasteiger partial charge in [-0.25, -0.2) is 0 Å². The molecule has 0 heterocycles. The molecule has 0 aliphatic heterocycles. The number of hydrogen-bond donors (Lipinski definition) is 3. The van der Waals surface area contributed by atoms with Gasteiger partial charge in [0.1, 0.15) is 6.10 Å². The standard InChI is InChI=1S/C3H8O3.3K.H3O4P/c4-1-3(6)2-5;;;;1-5(2,3)4/h3-6H,1-2H2;;;;(H3,1,2,3,4)/q;3*+1;/p-3. The zero-order chi connectivity index (χ0) is 9.49. The number of phosphoric acid groups is 1. The van der Waals surface area contributed by atoms with Crippen LogP contribution < -0.4 is 169 Å². The summed E-state index contributed by atoms with van der Waals surface area (Å²) in [5, 5.41) is 24.0. The van der Waals surface area contributed by atoms with Gasteiger partial charge in [-0.05, 0) is 0 Å². The zero-order valence-electron chi connectivity index (χ0n) is 8.41. The number of aliphatic hydroxyl groups is 3. The van der Waals surface area contributed by atoms with Crippen LogP contribution in [0.15, 0.2) is 0 Å². The van der Waals surface area contributed by atoms with Crippen molar-refractivity contribution in [1.82, 2.24) is 0 Å². The fourth-order valence-electron chi connectivity index (χ4n) is 0.0577. The predicted octanol–water partition coefficient (Wildman–Crippen LogP) is -13.5. The first-order valence-electron chi connectivity index (χ1n) is 2.44. The number of aliphatic hydroxyl groups excluding tert-OH is 3. The van der Waals surface area contributed by atoms with Gasteiger partial charge < -0.3 is 34.6 Å². The Balaban J connectivity index is -0.0000000321. The van der Waals surface area contributed by atoms with Crippen molar-refractivity contribution < 1.29 is 189 Å². The Hall–Kier alpha value is 4.90. The Morgan fingerprint density at radius 1 is 1.00 bits per heavy atom. The predicted molar refractivity (Wildman–Crippen MR) is 27.8 cm³/mol. The van der Waals surface area contributed by atoms with Crippen LogP contribution >= 0.6 is 7.82 Å². The molecule has 0 saturated carbocycles. The molecule has 0 saturated heterocycles. The van der Waals surface area contributed by atoms with E-state index in [1.807, 2.05) is 0 Å². The van der Waals surface area contributed by atoms with Crippen molar-refractivity contribution in [3.05, 3.63) is 0 Å². The van der Waals surface area contributed by atoms with E-state index in [9.17, 15) is 0 Å². The molecule has 0 amide bonds. The molecule has 0 fully saturated rings. The van der Waals surface area contributed by atoms with Crippen molar-refractivity contribution in [2.45, 2.75) is 6.10 Å². The fourth-order valence-corrected chi connectivity index (χ4v) is 0.0577. The maximum absolute atomic E-state index is 8.55. The summed E-state index contributed by atoms with van der Waals surface area (Å²) in [5.74, 6) is 0. The fraction of sp³-hybridized carbons (Fsp3) is 1.00. The molecule has 0 aliphatic carbocycles. The molecule has 7 nitrogen and oxygen atoms in total. The van der Waals surface area contributed by atoms with E-state index >= 15 is 0 Å². The Morgan fingerprint density at radius 2 is 1.14 bits per heavy atom. The molecule has 11 heteroatoms. The van der Waals surface area contributed by atoms with Crippen molar-refractivity contribution >= 4 is 7.82 Å². The van der Waals surface area contributed by atoms with Crippen LogP contribution in [0.25, 0.3) is 0 Å². The van der Waals surface area contributed by atoms with Crippen LogP contribution in [0, 0.1) is 0 Å². The molecule has 0 atom stereocenters. The molecular formula is C3H8K3O7P. The second kappa shape index (κ2) is 20.2. The van der Waals surface area contributed by atoms with Crippen LogP contribution in [0.5, 0.6) is 0 Å². The summed E-state index contributed by atoms with van der Waals surface area (Å²) >= 11 is 0. The third-order valence-electron chi connectivity index (χ3n) is 0.421. The Labute approximate surface area is 210 Å². The van der Waals surface area contributed by atoms with Crippen LogP contribution in [-0.4, -0.2) is 34.6 Å². The molecule has 0 spiro atoms. The van der Waals surface area contributed by atoms with E-state index in [1.165, 1.54) is 0 Å². The van der Waals surface area contributed by atoms with E-state index in [-0.39, 0.29) is 167 Å². The summed E-state index contributed by atoms with van der Waals surface area (Å²) in [6.07, 6.45) is -0.954. The molecule has 0 unspecified atom stereocenters. The SMILES string of the molecule is O=P([O-])([O-])[O-].OCC(O)CO.[K+].[K+].[K+]. The smallest absolute Gasteiger partial charge is 0.822 e. The number of hydrogen-bond acceptors (Lipinski definition) is 7. The van der Waals surface area contributed by atoms with Crippen LogP contribution in [0.3, 0.4) is 0 Å². The Kier molecular flexibility index (Phi) is 45.3. The maximum atomic E-state index is 8.55. The van der Waals surface area contributed by atoms with E-state index in [2.05, 4.69) is 0 Å². The summed E-state index contributed by atoms with van der Waals surface area (Å²) in [4.78, 5) is 25.6. The Morgan fingerprint density at radius 3 is 1.14 bits per heavy atom. The average Bonchev–Trinajstić information content (AvgIpc) is 1.83. The summed E-state index contributed by atoms with van der Waals surface area (Å²) in [6.45, 7) is -0.729. The summed E-state index contributed by atoms with van der Waals surface area (Å²) in [6, 6.07) is 0. The molecule has 70 valence electrons. The topological polar surface area (TPSA) is 147 Å². The van der Waals surface area contributed by atoms with Gasteiger partial charge >= 0.3 is 154 Å². The summed E-state index contributed by atoms with van der Waals surface area (Å²) < 4.78 is 8.55. The van der Waals surface area contributed by atoms with Gasteiger partial charge in [0, 0.05) is 0 Å². The second-order valence-corrected chi connectivity index (χ2v) is 2.36. The minimum atomic E-state index is -5.39. The minimum absolute atomic E-state index is 0. The van der Waals surface area contributed by atoms with Gasteiger partial charge in [-0.3, -0.25) is 0 Å². The molecule has 0 rings (SSSR count). The van der Waals surface area contributed by atoms with Crippen molar-refractivity contribution in [2.75, 3.05) is 13.2 Å². The molecule has 0 aromatic rings. The first-order chi connectivity index (χ1) is 4.81. The van der Waals surface area contributed by atoms with Crippen LogP contribution in [-0.2, 0) is 4.57 Å². The monoisotopic (exact) mass is 304 g/mol. The first kappa shape index (κ1) is 31.3. The Bertz CT molecular complexity index is 117. The third-order valence-corrected chi connectivity index (χ3v) is 0.421. The molecule has 0 radical (unpaired) electrons. The molecule has 0 aliphatic rings. The second-order valence-electron chi connectivity index (χ2n) is 1.47. The van der Waals surface area contributed by atoms with Gasteiger partial charge in [0.05, 0.1) is 13.2 Å². The third kappa shape index (κ3) is 53.9. The zero-order valence-corrected chi connectivity index (χ0v) is 18.7. The van der Waals surface area contributed by atoms with Gasteiger partial charge in [-0.15, -0.1) is 0 Å². The van der Waals surface area contributed by atoms with Gasteiger partial charge in [-0.1, -0.05) is 0 Å². The maximum Gasteiger partial charge on any atom is 1.00 e. The van der Waals surface area contributed by atoms with E-state index in [4.69, 9.17) is 34.6 Å². The van der Waals surface area contributed by atoms with Gasteiger partial charge in [0.15, 0.2) is 0 Å². The van der Waals surface area contributed by atoms with Gasteiger partial charge in [0.2, 0.25) is 0 Å². The van der Waals surface area contributed by atoms with Gasteiger partial charge in [0.25, 0.3) is 0 Å². The molecule has 3 N–H and O–H groups in total. The average molecular weight is 304 g/mol. The van der Waals surface area contributed by atoms with Crippen molar-refractivity contribution in [2.24, 2.45) is 0 Å².